The molecule has 2 atom stereocenters. The summed E-state index contributed by atoms with van der Waals surface area (Å²) in [5.74, 6) is 0.723. The number of halogens is 1. The zero-order chi connectivity index (χ0) is 8.27. The van der Waals surface area contributed by atoms with Crippen LogP contribution < -0.4 is 5.32 Å². The maximum absolute atomic E-state index is 12.6. The molecule has 1 rings (SSSR count). The second-order valence-electron chi connectivity index (χ2n) is 3.84. The van der Waals surface area contributed by atoms with Crippen LogP contribution in [0.15, 0.2) is 0 Å². The molecule has 1 saturated carbocycles. The van der Waals surface area contributed by atoms with Crippen LogP contribution in [0.4, 0.5) is 4.39 Å². The van der Waals surface area contributed by atoms with Gasteiger partial charge in [-0.1, -0.05) is 13.8 Å². The number of nitrogens with one attached hydrogen (secondary N) is 1. The van der Waals surface area contributed by atoms with Crippen LogP contribution in [0, 0.1) is 5.92 Å². The maximum atomic E-state index is 12.6. The molecule has 2 unspecified atom stereocenters. The summed E-state index contributed by atoms with van der Waals surface area (Å²) in [5.41, 5.74) is 0. The van der Waals surface area contributed by atoms with Crippen molar-refractivity contribution in [3.05, 3.63) is 0 Å². The van der Waals surface area contributed by atoms with Crippen molar-refractivity contribution in [3.8, 4) is 0 Å². The molecular weight excluding hydrogens is 141 g/mol. The van der Waals surface area contributed by atoms with E-state index in [0.29, 0.717) is 0 Å². The summed E-state index contributed by atoms with van der Waals surface area (Å²) < 4.78 is 12.6. The van der Waals surface area contributed by atoms with Crippen LogP contribution in [0.1, 0.15) is 33.1 Å². The molecule has 0 spiro atoms. The Kier molecular flexibility index (Phi) is 3.31. The minimum Gasteiger partial charge on any atom is -0.311 e. The van der Waals surface area contributed by atoms with Crippen LogP contribution in [0.2, 0.25) is 0 Å². The first-order valence-corrected chi connectivity index (χ1v) is 4.57. The minimum absolute atomic E-state index is 0.175. The number of alkyl halides is 1. The van der Waals surface area contributed by atoms with E-state index in [1.807, 2.05) is 0 Å². The Morgan fingerprint density at radius 1 is 1.45 bits per heavy atom. The van der Waals surface area contributed by atoms with E-state index in [0.717, 1.165) is 31.7 Å². The molecule has 1 fully saturated rings. The summed E-state index contributed by atoms with van der Waals surface area (Å²) in [4.78, 5) is 0. The molecule has 0 aromatic heterocycles. The molecule has 0 aromatic carbocycles. The smallest absolute Gasteiger partial charge is 0.115 e. The summed E-state index contributed by atoms with van der Waals surface area (Å²) in [5, 5.41) is 3.23. The van der Waals surface area contributed by atoms with Crippen molar-refractivity contribution in [2.45, 2.75) is 45.3 Å². The van der Waals surface area contributed by atoms with Gasteiger partial charge in [0.25, 0.3) is 0 Å². The van der Waals surface area contributed by atoms with Gasteiger partial charge in [-0.25, -0.2) is 4.39 Å². The minimum atomic E-state index is -0.567. The van der Waals surface area contributed by atoms with E-state index >= 15 is 0 Å². The van der Waals surface area contributed by atoms with Gasteiger partial charge in [-0.2, -0.15) is 0 Å². The van der Waals surface area contributed by atoms with Gasteiger partial charge < -0.3 is 5.32 Å². The van der Waals surface area contributed by atoms with Gasteiger partial charge in [-0.05, 0) is 31.7 Å². The standard InChI is InChI=1S/C9H18FN/c1-7(2)5-6-11-9-4-3-8(9)10/h7-9,11H,3-6H2,1-2H3. The third-order valence-electron chi connectivity index (χ3n) is 2.32. The van der Waals surface area contributed by atoms with Crippen LogP contribution in [0.5, 0.6) is 0 Å². The normalized spacial score (nSPS) is 30.5. The molecule has 0 aromatic rings. The average molecular weight is 159 g/mol. The molecule has 11 heavy (non-hydrogen) atoms. The fourth-order valence-electron chi connectivity index (χ4n) is 1.25. The predicted octanol–water partition coefficient (Wildman–Crippen LogP) is 2.12. The second-order valence-corrected chi connectivity index (χ2v) is 3.84. The topological polar surface area (TPSA) is 12.0 Å². The van der Waals surface area contributed by atoms with Crippen molar-refractivity contribution >= 4 is 0 Å². The summed E-state index contributed by atoms with van der Waals surface area (Å²) in [6.07, 6.45) is 2.38. The van der Waals surface area contributed by atoms with E-state index < -0.39 is 6.17 Å². The van der Waals surface area contributed by atoms with Gasteiger partial charge in [0.15, 0.2) is 0 Å². The summed E-state index contributed by atoms with van der Waals surface area (Å²) in [6, 6.07) is 0.175. The van der Waals surface area contributed by atoms with E-state index in [4.69, 9.17) is 0 Å². The zero-order valence-electron chi connectivity index (χ0n) is 7.44. The van der Waals surface area contributed by atoms with Crippen molar-refractivity contribution in [1.82, 2.24) is 5.32 Å². The Morgan fingerprint density at radius 2 is 2.18 bits per heavy atom. The monoisotopic (exact) mass is 159 g/mol. The van der Waals surface area contributed by atoms with Crippen molar-refractivity contribution < 1.29 is 4.39 Å². The summed E-state index contributed by atoms with van der Waals surface area (Å²) in [7, 11) is 0. The Morgan fingerprint density at radius 3 is 2.55 bits per heavy atom. The number of rotatable bonds is 4. The van der Waals surface area contributed by atoms with Crippen LogP contribution in [0.3, 0.4) is 0 Å². The van der Waals surface area contributed by atoms with Gasteiger partial charge in [-0.15, -0.1) is 0 Å². The molecule has 2 heteroatoms. The summed E-state index contributed by atoms with van der Waals surface area (Å²) >= 11 is 0. The van der Waals surface area contributed by atoms with E-state index in [9.17, 15) is 4.39 Å². The highest BCUT2D eigenvalue weighted by molar-refractivity contribution is 4.86. The summed E-state index contributed by atoms with van der Waals surface area (Å²) in [6.45, 7) is 5.35. The van der Waals surface area contributed by atoms with E-state index in [-0.39, 0.29) is 6.04 Å². The van der Waals surface area contributed by atoms with Gasteiger partial charge in [0.1, 0.15) is 6.17 Å². The lowest BCUT2D eigenvalue weighted by Crippen LogP contribution is -2.45. The highest BCUT2D eigenvalue weighted by Gasteiger charge is 2.29. The first-order valence-electron chi connectivity index (χ1n) is 4.57. The highest BCUT2D eigenvalue weighted by Crippen LogP contribution is 2.22. The molecule has 66 valence electrons. The van der Waals surface area contributed by atoms with Crippen molar-refractivity contribution in [2.75, 3.05) is 6.54 Å². The quantitative estimate of drug-likeness (QED) is 0.662. The van der Waals surface area contributed by atoms with Gasteiger partial charge in [0.2, 0.25) is 0 Å². The fraction of sp³-hybridized carbons (Fsp3) is 1.00. The number of hydrogen-bond donors (Lipinski definition) is 1. The van der Waals surface area contributed by atoms with Crippen LogP contribution in [0.25, 0.3) is 0 Å². The van der Waals surface area contributed by atoms with Gasteiger partial charge >= 0.3 is 0 Å². The molecule has 0 radical (unpaired) electrons. The molecule has 1 aliphatic rings. The lowest BCUT2D eigenvalue weighted by Gasteiger charge is -2.31. The molecule has 0 amide bonds. The van der Waals surface area contributed by atoms with E-state index in [1.165, 1.54) is 0 Å². The SMILES string of the molecule is CC(C)CCNC1CCC1F. The largest absolute Gasteiger partial charge is 0.311 e. The van der Waals surface area contributed by atoms with Gasteiger partial charge in [0.05, 0.1) is 0 Å². The molecule has 1 aliphatic carbocycles. The Hall–Kier alpha value is -0.110. The second kappa shape index (κ2) is 4.05. The van der Waals surface area contributed by atoms with Crippen molar-refractivity contribution in [1.29, 1.82) is 0 Å². The van der Waals surface area contributed by atoms with Crippen LogP contribution >= 0.6 is 0 Å². The zero-order valence-corrected chi connectivity index (χ0v) is 7.44. The third-order valence-corrected chi connectivity index (χ3v) is 2.32. The average Bonchev–Trinajstić information content (AvgIpc) is 1.94. The van der Waals surface area contributed by atoms with Crippen LogP contribution in [-0.2, 0) is 0 Å². The molecule has 0 saturated heterocycles. The molecule has 0 aliphatic heterocycles. The molecule has 0 bridgehead atoms. The highest BCUT2D eigenvalue weighted by atomic mass is 19.1. The van der Waals surface area contributed by atoms with Gasteiger partial charge in [-0.3, -0.25) is 0 Å². The first-order chi connectivity index (χ1) is 5.20. The van der Waals surface area contributed by atoms with E-state index in [2.05, 4.69) is 19.2 Å². The van der Waals surface area contributed by atoms with Gasteiger partial charge in [0, 0.05) is 6.04 Å². The lowest BCUT2D eigenvalue weighted by molar-refractivity contribution is 0.141. The van der Waals surface area contributed by atoms with Crippen LogP contribution in [-0.4, -0.2) is 18.8 Å². The fourth-order valence-corrected chi connectivity index (χ4v) is 1.25. The Bertz CT molecular complexity index is 114. The first kappa shape index (κ1) is 8.98. The Balaban J connectivity index is 1.95. The third kappa shape index (κ3) is 2.78. The molecule has 1 N–H and O–H groups in total. The lowest BCUT2D eigenvalue weighted by atomic mass is 9.90. The molecule has 1 nitrogen and oxygen atoms in total. The van der Waals surface area contributed by atoms with Crippen molar-refractivity contribution in [3.63, 3.8) is 0 Å². The Labute approximate surface area is 68.4 Å². The predicted molar refractivity (Wildman–Crippen MR) is 45.4 cm³/mol. The van der Waals surface area contributed by atoms with E-state index in [1.54, 1.807) is 0 Å². The van der Waals surface area contributed by atoms with Crippen molar-refractivity contribution in [2.24, 2.45) is 5.92 Å². The molecular formula is C9H18FN. The molecule has 0 heterocycles. The maximum Gasteiger partial charge on any atom is 0.115 e. The number of hydrogen-bond acceptors (Lipinski definition) is 1.